The number of likely N-dealkylation sites (tertiary alicyclic amines) is 1. The Kier molecular flexibility index (Phi) is 4.97. The molecule has 150 valence electrons. The smallest absolute Gasteiger partial charge is 0.257 e. The van der Waals surface area contributed by atoms with Gasteiger partial charge in [-0.15, -0.1) is 0 Å². The largest absolute Gasteiger partial charge is 0.472 e. The molecule has 0 unspecified atom stereocenters. The number of imidazole rings is 1. The van der Waals surface area contributed by atoms with Gasteiger partial charge in [-0.2, -0.15) is 0 Å². The van der Waals surface area contributed by atoms with Gasteiger partial charge in [-0.05, 0) is 24.8 Å². The number of rotatable bonds is 4. The van der Waals surface area contributed by atoms with E-state index in [4.69, 9.17) is 4.42 Å². The second-order valence-electron chi connectivity index (χ2n) is 8.16. The van der Waals surface area contributed by atoms with Crippen molar-refractivity contribution >= 4 is 11.8 Å². The van der Waals surface area contributed by atoms with Gasteiger partial charge in [-0.25, -0.2) is 4.98 Å². The number of nitrogens with one attached hydrogen (secondary N) is 3. The van der Waals surface area contributed by atoms with E-state index in [1.807, 2.05) is 4.90 Å². The Bertz CT molecular complexity index is 834. The van der Waals surface area contributed by atoms with Crippen LogP contribution in [0, 0.1) is 5.92 Å². The fourth-order valence-corrected chi connectivity index (χ4v) is 4.17. The quantitative estimate of drug-likeness (QED) is 0.739. The van der Waals surface area contributed by atoms with Crippen molar-refractivity contribution in [3.05, 3.63) is 41.9 Å². The molecule has 1 fully saturated rings. The van der Waals surface area contributed by atoms with E-state index in [0.717, 1.165) is 11.4 Å². The summed E-state index contributed by atoms with van der Waals surface area (Å²) in [6, 6.07) is 1.38. The van der Waals surface area contributed by atoms with Gasteiger partial charge >= 0.3 is 0 Å². The molecule has 1 saturated heterocycles. The minimum atomic E-state index is -0.388. The van der Waals surface area contributed by atoms with Gasteiger partial charge in [0.25, 0.3) is 5.91 Å². The predicted octanol–water partition coefficient (Wildman–Crippen LogP) is 1.42. The van der Waals surface area contributed by atoms with Crippen LogP contribution in [-0.4, -0.2) is 52.4 Å². The molecule has 0 aromatic carbocycles. The van der Waals surface area contributed by atoms with Crippen molar-refractivity contribution in [3.63, 3.8) is 0 Å². The molecule has 2 aliphatic rings. The fraction of sp³-hybridized carbons (Fsp3) is 0.550. The molecule has 0 radical (unpaired) electrons. The molecule has 4 heterocycles. The Hall–Kier alpha value is -2.61. The van der Waals surface area contributed by atoms with Crippen molar-refractivity contribution < 1.29 is 14.0 Å². The monoisotopic (exact) mass is 385 g/mol. The summed E-state index contributed by atoms with van der Waals surface area (Å²) >= 11 is 0. The molecule has 28 heavy (non-hydrogen) atoms. The van der Waals surface area contributed by atoms with Crippen LogP contribution in [0.3, 0.4) is 0 Å². The molecule has 0 saturated carbocycles. The number of H-pyrrole nitrogens is 1. The van der Waals surface area contributed by atoms with Crippen LogP contribution in [0.25, 0.3) is 0 Å². The summed E-state index contributed by atoms with van der Waals surface area (Å²) < 4.78 is 5.03. The summed E-state index contributed by atoms with van der Waals surface area (Å²) in [4.78, 5) is 34.9. The molecule has 1 spiro atoms. The van der Waals surface area contributed by atoms with Gasteiger partial charge in [0.15, 0.2) is 0 Å². The molecule has 8 nitrogen and oxygen atoms in total. The molecule has 4 rings (SSSR count). The summed E-state index contributed by atoms with van der Waals surface area (Å²) in [5.41, 5.74) is 2.17. The van der Waals surface area contributed by atoms with Crippen LogP contribution in [0.4, 0.5) is 0 Å². The molecule has 1 atom stereocenters. The number of carbonyl (C=O) groups excluding carboxylic acids is 2. The summed E-state index contributed by atoms with van der Waals surface area (Å²) in [6.45, 7) is 6.02. The molecule has 2 aromatic heterocycles. The fourth-order valence-electron chi connectivity index (χ4n) is 4.17. The SMILES string of the molecule is CC(C)CNC(=O)[C@@H]1Cc2[nH]cnc2C2(CCN(C(=O)c3ccoc3)CC2)N1. The maximum Gasteiger partial charge on any atom is 0.257 e. The molecular weight excluding hydrogens is 358 g/mol. The number of hydrogen-bond acceptors (Lipinski definition) is 5. The second-order valence-corrected chi connectivity index (χ2v) is 8.16. The lowest BCUT2D eigenvalue weighted by Gasteiger charge is -2.46. The van der Waals surface area contributed by atoms with Crippen molar-refractivity contribution in [1.82, 2.24) is 25.5 Å². The van der Waals surface area contributed by atoms with Crippen molar-refractivity contribution in [2.24, 2.45) is 5.92 Å². The van der Waals surface area contributed by atoms with Crippen LogP contribution in [0.1, 0.15) is 48.4 Å². The number of amides is 2. The van der Waals surface area contributed by atoms with Gasteiger partial charge in [0, 0.05) is 31.7 Å². The highest BCUT2D eigenvalue weighted by atomic mass is 16.3. The van der Waals surface area contributed by atoms with Crippen molar-refractivity contribution in [3.8, 4) is 0 Å². The first-order chi connectivity index (χ1) is 13.5. The molecule has 2 aliphatic heterocycles. The summed E-state index contributed by atoms with van der Waals surface area (Å²) in [7, 11) is 0. The Morgan fingerprint density at radius 3 is 2.86 bits per heavy atom. The number of piperidine rings is 1. The number of nitrogens with zero attached hydrogens (tertiary/aromatic N) is 2. The van der Waals surface area contributed by atoms with E-state index >= 15 is 0 Å². The van der Waals surface area contributed by atoms with Gasteiger partial charge in [0.2, 0.25) is 5.91 Å². The van der Waals surface area contributed by atoms with Crippen molar-refractivity contribution in [2.45, 2.75) is 44.7 Å². The van der Waals surface area contributed by atoms with Gasteiger partial charge in [-0.3, -0.25) is 14.9 Å². The van der Waals surface area contributed by atoms with Gasteiger partial charge in [0.05, 0.1) is 35.4 Å². The predicted molar refractivity (Wildman–Crippen MR) is 103 cm³/mol. The third kappa shape index (κ3) is 3.44. The molecule has 2 aromatic rings. The van der Waals surface area contributed by atoms with Crippen LogP contribution in [0.15, 0.2) is 29.3 Å². The van der Waals surface area contributed by atoms with E-state index in [-0.39, 0.29) is 23.4 Å². The van der Waals surface area contributed by atoms with E-state index in [9.17, 15) is 9.59 Å². The normalized spacial score (nSPS) is 21.0. The summed E-state index contributed by atoms with van der Waals surface area (Å²) in [6.07, 6.45) is 6.71. The maximum atomic E-state index is 12.7. The molecule has 3 N–H and O–H groups in total. The van der Waals surface area contributed by atoms with Crippen molar-refractivity contribution in [2.75, 3.05) is 19.6 Å². The first kappa shape index (κ1) is 18.7. The Morgan fingerprint density at radius 2 is 2.18 bits per heavy atom. The minimum Gasteiger partial charge on any atom is -0.472 e. The third-order valence-corrected chi connectivity index (χ3v) is 5.70. The van der Waals surface area contributed by atoms with E-state index in [0.29, 0.717) is 50.4 Å². The lowest BCUT2D eigenvalue weighted by Crippen LogP contribution is -2.62. The Morgan fingerprint density at radius 1 is 1.39 bits per heavy atom. The summed E-state index contributed by atoms with van der Waals surface area (Å²) in [5, 5.41) is 6.61. The molecule has 8 heteroatoms. The molecule has 0 bridgehead atoms. The first-order valence-corrected chi connectivity index (χ1v) is 9.88. The average molecular weight is 385 g/mol. The number of hydrogen-bond donors (Lipinski definition) is 3. The third-order valence-electron chi connectivity index (χ3n) is 5.70. The highest BCUT2D eigenvalue weighted by molar-refractivity contribution is 5.93. The Labute approximate surface area is 164 Å². The van der Waals surface area contributed by atoms with Crippen LogP contribution < -0.4 is 10.6 Å². The van der Waals surface area contributed by atoms with E-state index in [2.05, 4.69) is 34.4 Å². The lowest BCUT2D eigenvalue weighted by molar-refractivity contribution is -0.124. The van der Waals surface area contributed by atoms with Gasteiger partial charge < -0.3 is 19.6 Å². The zero-order chi connectivity index (χ0) is 19.7. The first-order valence-electron chi connectivity index (χ1n) is 9.88. The van der Waals surface area contributed by atoms with E-state index in [1.54, 1.807) is 12.4 Å². The average Bonchev–Trinajstić information content (AvgIpc) is 3.38. The summed E-state index contributed by atoms with van der Waals surface area (Å²) in [5.74, 6) is 0.402. The topological polar surface area (TPSA) is 103 Å². The molecular formula is C20H27N5O3. The van der Waals surface area contributed by atoms with Crippen LogP contribution >= 0.6 is 0 Å². The van der Waals surface area contributed by atoms with Crippen molar-refractivity contribution in [1.29, 1.82) is 0 Å². The number of aromatic amines is 1. The van der Waals surface area contributed by atoms with Gasteiger partial charge in [-0.1, -0.05) is 13.8 Å². The van der Waals surface area contributed by atoms with Crippen LogP contribution in [-0.2, 0) is 16.8 Å². The van der Waals surface area contributed by atoms with Gasteiger partial charge in [0.1, 0.15) is 6.26 Å². The molecule has 0 aliphatic carbocycles. The zero-order valence-electron chi connectivity index (χ0n) is 16.3. The minimum absolute atomic E-state index is 0.0187. The number of furan rings is 1. The number of fused-ring (bicyclic) bond motifs is 2. The molecule has 2 amide bonds. The lowest BCUT2D eigenvalue weighted by atomic mass is 9.78. The zero-order valence-corrected chi connectivity index (χ0v) is 16.3. The maximum absolute atomic E-state index is 12.7. The van der Waals surface area contributed by atoms with E-state index in [1.165, 1.54) is 12.5 Å². The highest BCUT2D eigenvalue weighted by Gasteiger charge is 2.46. The standard InChI is InChI=1S/C20H27N5O3/c1-13(2)10-21-18(26)16-9-15-17(23-12-22-15)20(24-16)4-6-25(7-5-20)19(27)14-3-8-28-11-14/h3,8,11-13,16,24H,4-7,9-10H2,1-2H3,(H,21,26)(H,22,23)/t16-/m0/s1. The van der Waals surface area contributed by atoms with Crippen LogP contribution in [0.5, 0.6) is 0 Å². The van der Waals surface area contributed by atoms with Crippen LogP contribution in [0.2, 0.25) is 0 Å². The number of aromatic nitrogens is 2. The van der Waals surface area contributed by atoms with E-state index < -0.39 is 0 Å². The highest BCUT2D eigenvalue weighted by Crippen LogP contribution is 2.37. The Balaban J connectivity index is 1.49. The number of carbonyl (C=O) groups is 2. The second kappa shape index (κ2) is 7.43.